The first-order valence-corrected chi connectivity index (χ1v) is 7.13. The number of hydrogen-bond acceptors (Lipinski definition) is 2. The van der Waals surface area contributed by atoms with E-state index >= 15 is 0 Å². The Kier molecular flexibility index (Phi) is 4.80. The molecule has 0 bridgehead atoms. The summed E-state index contributed by atoms with van der Waals surface area (Å²) in [6.45, 7) is 6.99. The lowest BCUT2D eigenvalue weighted by Gasteiger charge is -2.21. The van der Waals surface area contributed by atoms with Gasteiger partial charge in [0.25, 0.3) is 0 Å². The lowest BCUT2D eigenvalue weighted by molar-refractivity contribution is 0.334. The summed E-state index contributed by atoms with van der Waals surface area (Å²) in [6, 6.07) is 15.0. The van der Waals surface area contributed by atoms with Gasteiger partial charge in [-0.25, -0.2) is 0 Å². The van der Waals surface area contributed by atoms with Crippen LogP contribution in [0.3, 0.4) is 0 Å². The fourth-order valence-electron chi connectivity index (χ4n) is 2.45. The molecule has 0 aliphatic carbocycles. The summed E-state index contributed by atoms with van der Waals surface area (Å²) in [5.74, 6) is 0.951. The molecule has 2 nitrogen and oxygen atoms in total. The smallest absolute Gasteiger partial charge is 0.124 e. The van der Waals surface area contributed by atoms with Crippen molar-refractivity contribution in [2.24, 2.45) is 0 Å². The summed E-state index contributed by atoms with van der Waals surface area (Å²) < 4.78 is 5.76. The second-order valence-electron chi connectivity index (χ2n) is 5.04. The van der Waals surface area contributed by atoms with E-state index in [4.69, 9.17) is 4.74 Å². The topological polar surface area (TPSA) is 21.3 Å². The monoisotopic (exact) mass is 269 g/mol. The lowest BCUT2D eigenvalue weighted by Crippen LogP contribution is -2.19. The minimum Gasteiger partial charge on any atom is -0.494 e. The Morgan fingerprint density at radius 1 is 1.05 bits per heavy atom. The standard InChI is InChI=1S/C18H23NO/c1-5-20-17-9-7-6-8-16(17)18(19-4)15-11-10-13(2)14(3)12-15/h6-12,18-19H,5H2,1-4H3. The molecular formula is C18H23NO. The van der Waals surface area contributed by atoms with Crippen LogP contribution in [0, 0.1) is 13.8 Å². The van der Waals surface area contributed by atoms with Crippen molar-refractivity contribution in [3.63, 3.8) is 0 Å². The first kappa shape index (κ1) is 14.6. The van der Waals surface area contributed by atoms with Gasteiger partial charge in [0.1, 0.15) is 5.75 Å². The molecule has 0 fully saturated rings. The molecule has 2 aromatic rings. The zero-order valence-electron chi connectivity index (χ0n) is 12.7. The molecule has 2 rings (SSSR count). The van der Waals surface area contributed by atoms with Crippen molar-refractivity contribution in [1.82, 2.24) is 5.32 Å². The van der Waals surface area contributed by atoms with Gasteiger partial charge in [0, 0.05) is 5.56 Å². The van der Waals surface area contributed by atoms with E-state index in [0.29, 0.717) is 6.61 Å². The van der Waals surface area contributed by atoms with Crippen molar-refractivity contribution in [3.8, 4) is 5.75 Å². The largest absolute Gasteiger partial charge is 0.494 e. The third-order valence-corrected chi connectivity index (χ3v) is 3.68. The second-order valence-corrected chi connectivity index (χ2v) is 5.04. The van der Waals surface area contributed by atoms with Crippen LogP contribution in [0.15, 0.2) is 42.5 Å². The van der Waals surface area contributed by atoms with E-state index in [9.17, 15) is 0 Å². The highest BCUT2D eigenvalue weighted by molar-refractivity contribution is 5.43. The molecule has 20 heavy (non-hydrogen) atoms. The van der Waals surface area contributed by atoms with E-state index in [-0.39, 0.29) is 6.04 Å². The Bertz CT molecular complexity index is 577. The van der Waals surface area contributed by atoms with Crippen LogP contribution in [0.5, 0.6) is 5.75 Å². The van der Waals surface area contributed by atoms with Gasteiger partial charge in [-0.1, -0.05) is 36.4 Å². The third kappa shape index (κ3) is 3.02. The Morgan fingerprint density at radius 3 is 2.45 bits per heavy atom. The van der Waals surface area contributed by atoms with Gasteiger partial charge in [0.05, 0.1) is 12.6 Å². The molecule has 0 amide bonds. The van der Waals surface area contributed by atoms with E-state index in [1.165, 1.54) is 22.3 Å². The van der Waals surface area contributed by atoms with Gasteiger partial charge in [-0.05, 0) is 50.6 Å². The number of benzene rings is 2. The van der Waals surface area contributed by atoms with Crippen molar-refractivity contribution in [2.45, 2.75) is 26.8 Å². The zero-order chi connectivity index (χ0) is 14.5. The minimum atomic E-state index is 0.150. The Balaban J connectivity index is 2.44. The summed E-state index contributed by atoms with van der Waals surface area (Å²) in [7, 11) is 1.99. The summed E-state index contributed by atoms with van der Waals surface area (Å²) >= 11 is 0. The second kappa shape index (κ2) is 6.58. The van der Waals surface area contributed by atoms with Crippen LogP contribution < -0.4 is 10.1 Å². The van der Waals surface area contributed by atoms with Crippen molar-refractivity contribution in [3.05, 3.63) is 64.7 Å². The molecule has 106 valence electrons. The van der Waals surface area contributed by atoms with Crippen LogP contribution in [0.1, 0.15) is 35.2 Å². The number of hydrogen-bond donors (Lipinski definition) is 1. The average Bonchev–Trinajstić information content (AvgIpc) is 2.45. The number of nitrogens with one attached hydrogen (secondary N) is 1. The maximum Gasteiger partial charge on any atom is 0.124 e. The van der Waals surface area contributed by atoms with Gasteiger partial charge in [0.15, 0.2) is 0 Å². The van der Waals surface area contributed by atoms with Gasteiger partial charge >= 0.3 is 0 Å². The minimum absolute atomic E-state index is 0.150. The molecule has 1 atom stereocenters. The van der Waals surface area contributed by atoms with Crippen LogP contribution in [-0.4, -0.2) is 13.7 Å². The predicted octanol–water partition coefficient (Wildman–Crippen LogP) is 4.01. The fraction of sp³-hybridized carbons (Fsp3) is 0.333. The molecule has 0 aliphatic heterocycles. The fourth-order valence-corrected chi connectivity index (χ4v) is 2.45. The summed E-state index contributed by atoms with van der Waals surface area (Å²) in [5.41, 5.74) is 5.08. The summed E-state index contributed by atoms with van der Waals surface area (Å²) in [4.78, 5) is 0. The van der Waals surface area contributed by atoms with Gasteiger partial charge in [-0.2, -0.15) is 0 Å². The molecular weight excluding hydrogens is 246 g/mol. The molecule has 0 aliphatic rings. The van der Waals surface area contributed by atoms with E-state index in [0.717, 1.165) is 5.75 Å². The normalized spacial score (nSPS) is 12.2. The van der Waals surface area contributed by atoms with Crippen molar-refractivity contribution < 1.29 is 4.74 Å². The number of ether oxygens (including phenoxy) is 1. The van der Waals surface area contributed by atoms with E-state index in [2.05, 4.69) is 49.5 Å². The van der Waals surface area contributed by atoms with E-state index in [1.54, 1.807) is 0 Å². The van der Waals surface area contributed by atoms with E-state index in [1.807, 2.05) is 26.1 Å². The molecule has 0 saturated heterocycles. The highest BCUT2D eigenvalue weighted by Gasteiger charge is 2.16. The van der Waals surface area contributed by atoms with Crippen LogP contribution in [0.4, 0.5) is 0 Å². The van der Waals surface area contributed by atoms with Crippen molar-refractivity contribution >= 4 is 0 Å². The molecule has 0 spiro atoms. The van der Waals surface area contributed by atoms with Crippen LogP contribution in [0.25, 0.3) is 0 Å². The molecule has 2 aromatic carbocycles. The summed E-state index contributed by atoms with van der Waals surface area (Å²) in [5, 5.41) is 3.40. The first-order chi connectivity index (χ1) is 9.67. The van der Waals surface area contributed by atoms with Gasteiger partial charge in [-0.3, -0.25) is 0 Å². The lowest BCUT2D eigenvalue weighted by atomic mass is 9.95. The predicted molar refractivity (Wildman–Crippen MR) is 84.4 cm³/mol. The molecule has 2 heteroatoms. The SMILES string of the molecule is CCOc1ccccc1C(NC)c1ccc(C)c(C)c1. The number of rotatable bonds is 5. The molecule has 0 heterocycles. The molecule has 0 radical (unpaired) electrons. The number of para-hydroxylation sites is 1. The Morgan fingerprint density at radius 2 is 1.80 bits per heavy atom. The molecule has 0 saturated carbocycles. The quantitative estimate of drug-likeness (QED) is 0.885. The Labute approximate surface area is 121 Å². The third-order valence-electron chi connectivity index (χ3n) is 3.68. The van der Waals surface area contributed by atoms with Crippen LogP contribution in [-0.2, 0) is 0 Å². The molecule has 1 unspecified atom stereocenters. The van der Waals surface area contributed by atoms with Crippen LogP contribution >= 0.6 is 0 Å². The molecule has 0 aromatic heterocycles. The first-order valence-electron chi connectivity index (χ1n) is 7.13. The van der Waals surface area contributed by atoms with Gasteiger partial charge in [-0.15, -0.1) is 0 Å². The average molecular weight is 269 g/mol. The maximum atomic E-state index is 5.76. The summed E-state index contributed by atoms with van der Waals surface area (Å²) in [6.07, 6.45) is 0. The van der Waals surface area contributed by atoms with Crippen molar-refractivity contribution in [1.29, 1.82) is 0 Å². The number of aryl methyl sites for hydroxylation is 2. The van der Waals surface area contributed by atoms with Crippen molar-refractivity contribution in [2.75, 3.05) is 13.7 Å². The zero-order valence-corrected chi connectivity index (χ0v) is 12.7. The van der Waals surface area contributed by atoms with E-state index < -0.39 is 0 Å². The van der Waals surface area contributed by atoms with Gasteiger partial charge in [0.2, 0.25) is 0 Å². The highest BCUT2D eigenvalue weighted by Crippen LogP contribution is 2.30. The Hall–Kier alpha value is -1.80. The van der Waals surface area contributed by atoms with Crippen LogP contribution in [0.2, 0.25) is 0 Å². The molecule has 1 N–H and O–H groups in total. The van der Waals surface area contributed by atoms with Gasteiger partial charge < -0.3 is 10.1 Å². The highest BCUT2D eigenvalue weighted by atomic mass is 16.5. The maximum absolute atomic E-state index is 5.76.